The molecule has 0 saturated carbocycles. The first-order valence-corrected chi connectivity index (χ1v) is 10.0. The van der Waals surface area contributed by atoms with Crippen LogP contribution >= 0.6 is 0 Å². The normalized spacial score (nSPS) is 27.1. The van der Waals surface area contributed by atoms with Crippen LogP contribution in [0.2, 0.25) is 0 Å². The van der Waals surface area contributed by atoms with Crippen molar-refractivity contribution in [1.29, 1.82) is 0 Å². The van der Waals surface area contributed by atoms with Gasteiger partial charge in [0.25, 0.3) is 0 Å². The molecule has 1 aromatic carbocycles. The summed E-state index contributed by atoms with van der Waals surface area (Å²) in [7, 11) is 0. The third-order valence-corrected chi connectivity index (χ3v) is 6.50. The minimum Gasteiger partial charge on any atom is -0.366 e. The van der Waals surface area contributed by atoms with E-state index in [1.807, 2.05) is 6.92 Å². The molecule has 2 saturated heterocycles. The number of nitrogens with zero attached hydrogens (tertiary/aromatic N) is 1. The number of carbonyl (C=O) groups is 1. The highest BCUT2D eigenvalue weighted by Gasteiger charge is 2.49. The summed E-state index contributed by atoms with van der Waals surface area (Å²) in [5, 5.41) is 0. The van der Waals surface area contributed by atoms with Gasteiger partial charge in [-0.05, 0) is 30.2 Å². The first kappa shape index (κ1) is 21.1. The molecule has 0 bridgehead atoms. The maximum atomic E-state index is 13.5. The number of nitrogens with two attached hydrogens (primary N) is 1. The highest BCUT2D eigenvalue weighted by Crippen LogP contribution is 2.47. The molecule has 1 aliphatic carbocycles. The van der Waals surface area contributed by atoms with Crippen molar-refractivity contribution in [2.45, 2.75) is 43.7 Å². The second kappa shape index (κ2) is 7.51. The molecule has 1 aromatic rings. The number of benzene rings is 1. The molecule has 0 radical (unpaired) electrons. The molecule has 5 nitrogen and oxygen atoms in total. The molecule has 0 aromatic heterocycles. The summed E-state index contributed by atoms with van der Waals surface area (Å²) in [5.41, 5.74) is 5.73. The van der Waals surface area contributed by atoms with E-state index in [-0.39, 0.29) is 6.42 Å². The smallest absolute Gasteiger partial charge is 0.366 e. The fourth-order valence-electron chi connectivity index (χ4n) is 4.85. The summed E-state index contributed by atoms with van der Waals surface area (Å²) >= 11 is 0. The number of allylic oxidation sites excluding steroid dienone is 2. The monoisotopic (exact) mass is 422 g/mol. The van der Waals surface area contributed by atoms with Crippen LogP contribution in [-0.2, 0) is 26.0 Å². The molecule has 2 N–H and O–H groups in total. The summed E-state index contributed by atoms with van der Waals surface area (Å²) in [6.07, 6.45) is 0.437. The van der Waals surface area contributed by atoms with Crippen molar-refractivity contribution < 1.29 is 27.4 Å². The Bertz CT molecular complexity index is 893. The van der Waals surface area contributed by atoms with Gasteiger partial charge in [-0.2, -0.15) is 13.2 Å². The highest BCUT2D eigenvalue weighted by atomic mass is 19.4. The number of hydrogen-bond acceptors (Lipinski definition) is 4. The fraction of sp³-hybridized carbons (Fsp3) is 0.500. The van der Waals surface area contributed by atoms with E-state index in [0.29, 0.717) is 50.3 Å². The van der Waals surface area contributed by atoms with Crippen molar-refractivity contribution in [3.63, 3.8) is 0 Å². The van der Waals surface area contributed by atoms with E-state index < -0.39 is 29.0 Å². The van der Waals surface area contributed by atoms with Crippen LogP contribution < -0.4 is 5.73 Å². The van der Waals surface area contributed by atoms with Crippen molar-refractivity contribution in [3.05, 3.63) is 58.7 Å². The Balaban J connectivity index is 1.76. The molecule has 1 amide bonds. The van der Waals surface area contributed by atoms with Gasteiger partial charge in [0, 0.05) is 37.9 Å². The number of amides is 1. The van der Waals surface area contributed by atoms with Gasteiger partial charge in [-0.1, -0.05) is 24.3 Å². The lowest BCUT2D eigenvalue weighted by atomic mass is 9.72. The average molecular weight is 422 g/mol. The second-order valence-electron chi connectivity index (χ2n) is 8.12. The topological polar surface area (TPSA) is 64.8 Å². The summed E-state index contributed by atoms with van der Waals surface area (Å²) in [6.45, 7) is 4.11. The van der Waals surface area contributed by atoms with Gasteiger partial charge in [-0.15, -0.1) is 0 Å². The summed E-state index contributed by atoms with van der Waals surface area (Å²) in [5.74, 6) is -1.17. The van der Waals surface area contributed by atoms with Crippen LogP contribution in [0.5, 0.6) is 0 Å². The Morgan fingerprint density at radius 3 is 2.40 bits per heavy atom. The van der Waals surface area contributed by atoms with Crippen LogP contribution in [0.3, 0.4) is 0 Å². The molecule has 2 heterocycles. The van der Waals surface area contributed by atoms with Gasteiger partial charge in [0.15, 0.2) is 5.79 Å². The zero-order valence-electron chi connectivity index (χ0n) is 16.8. The molecule has 162 valence electrons. The zero-order valence-corrected chi connectivity index (χ0v) is 16.8. The predicted octanol–water partition coefficient (Wildman–Crippen LogP) is 3.50. The number of likely N-dealkylation sites (tertiary alicyclic amines) is 1. The Morgan fingerprint density at radius 1 is 1.13 bits per heavy atom. The first-order valence-electron chi connectivity index (χ1n) is 10.0. The summed E-state index contributed by atoms with van der Waals surface area (Å²) in [6, 6.07) is 5.37. The largest absolute Gasteiger partial charge is 0.416 e. The van der Waals surface area contributed by atoms with Gasteiger partial charge >= 0.3 is 6.18 Å². The molecule has 1 unspecified atom stereocenters. The molecule has 2 aliphatic heterocycles. The standard InChI is InChI=1S/C22H25F3N2O3/c1-15-5-6-16(19(26)28)14-21(15,17-3-2-4-18(13-17)22(23,24)25)27-9-7-20(8-10-27)29-11-12-30-20/h2-6,13H,7-12,14H2,1H3,(H2,26,28). The third kappa shape index (κ3) is 3.57. The number of rotatable bonds is 3. The van der Waals surface area contributed by atoms with Crippen molar-refractivity contribution >= 4 is 5.91 Å². The van der Waals surface area contributed by atoms with Gasteiger partial charge in [0.2, 0.25) is 5.91 Å². The van der Waals surface area contributed by atoms with Gasteiger partial charge in [0.1, 0.15) is 0 Å². The first-order chi connectivity index (χ1) is 14.2. The van der Waals surface area contributed by atoms with Crippen molar-refractivity contribution in [3.8, 4) is 0 Å². The van der Waals surface area contributed by atoms with Crippen molar-refractivity contribution in [1.82, 2.24) is 4.90 Å². The molecule has 4 rings (SSSR count). The highest BCUT2D eigenvalue weighted by molar-refractivity contribution is 5.93. The quantitative estimate of drug-likeness (QED) is 0.810. The van der Waals surface area contributed by atoms with Gasteiger partial charge in [-0.25, -0.2) is 0 Å². The number of alkyl halides is 3. The molecular weight excluding hydrogens is 397 g/mol. The maximum absolute atomic E-state index is 13.5. The van der Waals surface area contributed by atoms with E-state index >= 15 is 0 Å². The number of piperidine rings is 1. The minimum atomic E-state index is -4.46. The molecule has 3 aliphatic rings. The molecular formula is C22H25F3N2O3. The van der Waals surface area contributed by atoms with Gasteiger partial charge in [-0.3, -0.25) is 9.69 Å². The van der Waals surface area contributed by atoms with E-state index in [9.17, 15) is 18.0 Å². The number of ether oxygens (including phenoxy) is 2. The van der Waals surface area contributed by atoms with Crippen LogP contribution in [-0.4, -0.2) is 42.9 Å². The van der Waals surface area contributed by atoms with E-state index in [1.165, 1.54) is 12.1 Å². The number of hydrogen-bond donors (Lipinski definition) is 1. The van der Waals surface area contributed by atoms with Crippen LogP contribution in [0.1, 0.15) is 37.3 Å². The number of halogens is 3. The lowest BCUT2D eigenvalue weighted by Crippen LogP contribution is -2.55. The van der Waals surface area contributed by atoms with Crippen LogP contribution in [0.4, 0.5) is 13.2 Å². The molecule has 2 fully saturated rings. The SMILES string of the molecule is CC1=CC=C(C(N)=O)CC1(c1cccc(C(F)(F)F)c1)N1CCC2(CC1)OCCO2. The molecule has 8 heteroatoms. The minimum absolute atomic E-state index is 0.223. The zero-order chi connectivity index (χ0) is 21.6. The predicted molar refractivity (Wildman–Crippen MR) is 104 cm³/mol. The van der Waals surface area contributed by atoms with E-state index in [2.05, 4.69) is 4.90 Å². The Hall–Kier alpha value is -2.16. The number of primary amides is 1. The maximum Gasteiger partial charge on any atom is 0.416 e. The third-order valence-electron chi connectivity index (χ3n) is 6.50. The number of carbonyl (C=O) groups excluding carboxylic acids is 1. The lowest BCUT2D eigenvalue weighted by molar-refractivity contribution is -0.191. The fourth-order valence-corrected chi connectivity index (χ4v) is 4.85. The van der Waals surface area contributed by atoms with E-state index in [1.54, 1.807) is 18.2 Å². The lowest BCUT2D eigenvalue weighted by Gasteiger charge is -2.51. The average Bonchev–Trinajstić information content (AvgIpc) is 3.16. The Kier molecular flexibility index (Phi) is 5.28. The van der Waals surface area contributed by atoms with Crippen LogP contribution in [0.25, 0.3) is 0 Å². The second-order valence-corrected chi connectivity index (χ2v) is 8.12. The van der Waals surface area contributed by atoms with Crippen molar-refractivity contribution in [2.24, 2.45) is 5.73 Å². The van der Waals surface area contributed by atoms with E-state index in [4.69, 9.17) is 15.2 Å². The summed E-state index contributed by atoms with van der Waals surface area (Å²) < 4.78 is 52.0. The summed E-state index contributed by atoms with van der Waals surface area (Å²) in [4.78, 5) is 14.1. The van der Waals surface area contributed by atoms with Gasteiger partial charge in [0.05, 0.1) is 24.3 Å². The molecule has 1 atom stereocenters. The molecule has 30 heavy (non-hydrogen) atoms. The van der Waals surface area contributed by atoms with Crippen LogP contribution in [0, 0.1) is 0 Å². The Labute approximate surface area is 173 Å². The van der Waals surface area contributed by atoms with Crippen LogP contribution in [0.15, 0.2) is 47.6 Å². The van der Waals surface area contributed by atoms with Gasteiger partial charge < -0.3 is 15.2 Å². The molecule has 1 spiro atoms. The van der Waals surface area contributed by atoms with Crippen molar-refractivity contribution in [2.75, 3.05) is 26.3 Å². The Morgan fingerprint density at radius 2 is 1.80 bits per heavy atom. The van der Waals surface area contributed by atoms with E-state index in [0.717, 1.165) is 11.6 Å².